The molecular formula is C23H38N2O4. The highest BCUT2D eigenvalue weighted by molar-refractivity contribution is 5.69. The molecule has 1 rings (SSSR count). The van der Waals surface area contributed by atoms with Gasteiger partial charge in [-0.2, -0.15) is 0 Å². The molecule has 6 heteroatoms. The molecule has 2 unspecified atom stereocenters. The van der Waals surface area contributed by atoms with Crippen molar-refractivity contribution in [2.24, 2.45) is 5.73 Å². The summed E-state index contributed by atoms with van der Waals surface area (Å²) >= 11 is 0. The molecule has 1 aliphatic rings. The number of methoxy groups -OCH3 is 1. The summed E-state index contributed by atoms with van der Waals surface area (Å²) in [6, 6.07) is 0. The second-order valence-corrected chi connectivity index (χ2v) is 7.43. The van der Waals surface area contributed by atoms with Gasteiger partial charge in [-0.3, -0.25) is 4.79 Å². The number of rotatable bonds is 12. The van der Waals surface area contributed by atoms with Crippen LogP contribution in [0.25, 0.3) is 0 Å². The highest BCUT2D eigenvalue weighted by Crippen LogP contribution is 2.31. The smallest absolute Gasteiger partial charge is 0.305 e. The van der Waals surface area contributed by atoms with Crippen LogP contribution in [0.3, 0.4) is 0 Å². The fourth-order valence-electron chi connectivity index (χ4n) is 3.06. The summed E-state index contributed by atoms with van der Waals surface area (Å²) in [7, 11) is 3.26. The fourth-order valence-corrected chi connectivity index (χ4v) is 3.06. The van der Waals surface area contributed by atoms with Gasteiger partial charge in [0.15, 0.2) is 5.79 Å². The van der Waals surface area contributed by atoms with Crippen LogP contribution in [0.15, 0.2) is 47.9 Å². The lowest BCUT2D eigenvalue weighted by molar-refractivity contribution is -0.142. The van der Waals surface area contributed by atoms with Crippen LogP contribution >= 0.6 is 0 Å². The van der Waals surface area contributed by atoms with Crippen molar-refractivity contribution in [2.75, 3.05) is 14.2 Å². The third-order valence-electron chi connectivity index (χ3n) is 4.55. The van der Waals surface area contributed by atoms with E-state index in [0.29, 0.717) is 12.8 Å². The first-order valence-corrected chi connectivity index (χ1v) is 10.4. The first-order chi connectivity index (χ1) is 13.8. The molecule has 2 atom stereocenters. The summed E-state index contributed by atoms with van der Waals surface area (Å²) in [5, 5.41) is 3.16. The maximum Gasteiger partial charge on any atom is 0.305 e. The minimum Gasteiger partial charge on any atom is -0.469 e. The molecule has 3 N–H and O–H groups in total. The van der Waals surface area contributed by atoms with Gasteiger partial charge in [-0.15, -0.1) is 0 Å². The number of likely N-dealkylation sites (N-methyl/N-ethyl adjacent to an activating group) is 1. The molecule has 0 bridgehead atoms. The van der Waals surface area contributed by atoms with E-state index in [4.69, 9.17) is 15.2 Å². The average molecular weight is 407 g/mol. The Labute approximate surface area is 175 Å². The van der Waals surface area contributed by atoms with E-state index in [9.17, 15) is 4.79 Å². The van der Waals surface area contributed by atoms with Crippen molar-refractivity contribution < 1.29 is 19.0 Å². The van der Waals surface area contributed by atoms with E-state index in [-0.39, 0.29) is 18.2 Å². The highest BCUT2D eigenvalue weighted by atomic mass is 16.7. The fraction of sp³-hybridized carbons (Fsp3) is 0.609. The molecule has 1 fully saturated rings. The van der Waals surface area contributed by atoms with Crippen LogP contribution in [0.1, 0.15) is 59.3 Å². The molecule has 164 valence electrons. The average Bonchev–Trinajstić information content (AvgIpc) is 2.98. The topological polar surface area (TPSA) is 82.8 Å². The zero-order valence-corrected chi connectivity index (χ0v) is 18.6. The van der Waals surface area contributed by atoms with Crippen molar-refractivity contribution in [2.45, 2.75) is 77.3 Å². The lowest BCUT2D eigenvalue weighted by atomic mass is 10.1. The number of nitrogens with one attached hydrogen (secondary N) is 1. The van der Waals surface area contributed by atoms with Gasteiger partial charge in [0.1, 0.15) is 6.10 Å². The van der Waals surface area contributed by atoms with Crippen LogP contribution < -0.4 is 11.1 Å². The van der Waals surface area contributed by atoms with E-state index in [1.807, 2.05) is 45.2 Å². The Morgan fingerprint density at radius 2 is 1.83 bits per heavy atom. The molecule has 1 heterocycles. The third kappa shape index (κ3) is 9.81. The van der Waals surface area contributed by atoms with Gasteiger partial charge in [0, 0.05) is 19.2 Å². The molecule has 0 aromatic rings. The van der Waals surface area contributed by atoms with Gasteiger partial charge < -0.3 is 25.3 Å². The van der Waals surface area contributed by atoms with Crippen LogP contribution in [0, 0.1) is 0 Å². The molecule has 0 aliphatic carbocycles. The normalized spacial score (nSPS) is 22.5. The SMILES string of the molecule is CC/C=C\CC1OC(C)(C)OC1/C=C/C(NC)=C(/N)CC/C=C\CCC(=O)OC. The van der Waals surface area contributed by atoms with E-state index in [2.05, 4.69) is 29.1 Å². The number of nitrogens with two attached hydrogens (primary N) is 1. The van der Waals surface area contributed by atoms with Gasteiger partial charge in [-0.25, -0.2) is 0 Å². The highest BCUT2D eigenvalue weighted by Gasteiger charge is 2.39. The number of carbonyl (C=O) groups is 1. The van der Waals surface area contributed by atoms with E-state index < -0.39 is 5.79 Å². The van der Waals surface area contributed by atoms with Gasteiger partial charge in [-0.05, 0) is 52.0 Å². The molecule has 0 amide bonds. The minimum atomic E-state index is -0.593. The zero-order valence-electron chi connectivity index (χ0n) is 18.6. The van der Waals surface area contributed by atoms with Crippen LogP contribution in [0.2, 0.25) is 0 Å². The van der Waals surface area contributed by atoms with Crippen molar-refractivity contribution in [3.8, 4) is 0 Å². The van der Waals surface area contributed by atoms with Crippen molar-refractivity contribution in [3.63, 3.8) is 0 Å². The molecule has 1 saturated heterocycles. The molecule has 0 saturated carbocycles. The lowest BCUT2D eigenvalue weighted by Crippen LogP contribution is -2.21. The maximum atomic E-state index is 11.1. The number of carbonyl (C=O) groups excluding carboxylic acids is 1. The maximum absolute atomic E-state index is 11.1. The second kappa shape index (κ2) is 13.2. The summed E-state index contributed by atoms with van der Waals surface area (Å²) in [6.07, 6.45) is 16.6. The predicted octanol–water partition coefficient (Wildman–Crippen LogP) is 4.10. The number of ether oxygens (including phenoxy) is 3. The molecular weight excluding hydrogens is 368 g/mol. The van der Waals surface area contributed by atoms with Crippen molar-refractivity contribution in [1.29, 1.82) is 0 Å². The Bertz CT molecular complexity index is 620. The number of hydrogen-bond acceptors (Lipinski definition) is 6. The van der Waals surface area contributed by atoms with E-state index in [1.165, 1.54) is 7.11 Å². The Balaban J connectivity index is 2.63. The molecule has 6 nitrogen and oxygen atoms in total. The summed E-state index contributed by atoms with van der Waals surface area (Å²) < 4.78 is 16.7. The molecule has 0 radical (unpaired) electrons. The van der Waals surface area contributed by atoms with Crippen LogP contribution in [0.5, 0.6) is 0 Å². The van der Waals surface area contributed by atoms with E-state index in [0.717, 1.165) is 37.1 Å². The van der Waals surface area contributed by atoms with Crippen molar-refractivity contribution in [3.05, 3.63) is 47.9 Å². The Kier molecular flexibility index (Phi) is 11.4. The van der Waals surface area contributed by atoms with Gasteiger partial charge >= 0.3 is 5.97 Å². The lowest BCUT2D eigenvalue weighted by Gasteiger charge is -2.16. The first kappa shape index (κ1) is 25.0. The van der Waals surface area contributed by atoms with E-state index in [1.54, 1.807) is 0 Å². The van der Waals surface area contributed by atoms with Crippen molar-refractivity contribution >= 4 is 5.97 Å². The molecule has 0 spiro atoms. The minimum absolute atomic E-state index is 0.0128. The molecule has 29 heavy (non-hydrogen) atoms. The number of hydrogen-bond donors (Lipinski definition) is 2. The Morgan fingerprint density at radius 3 is 2.45 bits per heavy atom. The quantitative estimate of drug-likeness (QED) is 0.288. The van der Waals surface area contributed by atoms with Gasteiger partial charge in [0.05, 0.1) is 18.9 Å². The zero-order chi connectivity index (χ0) is 21.7. The molecule has 1 aliphatic heterocycles. The molecule has 0 aromatic carbocycles. The van der Waals surface area contributed by atoms with Crippen LogP contribution in [-0.4, -0.2) is 38.1 Å². The molecule has 0 aromatic heterocycles. The standard InChI is InChI=1S/C23H38N2O4/c1-6-7-10-14-20-21(29-23(2,3)28-20)17-16-19(25-4)18(24)13-11-8-9-12-15-22(26)27-5/h7-10,16-17,20-21,25H,6,11-15,24H2,1-5H3/b9-8-,10-7-,17-16+,19-18-. The Hall–Kier alpha value is -2.05. The van der Waals surface area contributed by atoms with Gasteiger partial charge in [-0.1, -0.05) is 37.3 Å². The first-order valence-electron chi connectivity index (χ1n) is 10.4. The van der Waals surface area contributed by atoms with Crippen LogP contribution in [-0.2, 0) is 19.0 Å². The van der Waals surface area contributed by atoms with E-state index >= 15 is 0 Å². The van der Waals surface area contributed by atoms with Gasteiger partial charge in [0.2, 0.25) is 0 Å². The van der Waals surface area contributed by atoms with Gasteiger partial charge in [0.25, 0.3) is 0 Å². The van der Waals surface area contributed by atoms with Crippen molar-refractivity contribution in [1.82, 2.24) is 5.32 Å². The number of esters is 1. The summed E-state index contributed by atoms with van der Waals surface area (Å²) in [5.41, 5.74) is 7.92. The predicted molar refractivity (Wildman–Crippen MR) is 117 cm³/mol. The number of allylic oxidation sites excluding steroid dienone is 5. The van der Waals surface area contributed by atoms with Crippen LogP contribution in [0.4, 0.5) is 0 Å². The largest absolute Gasteiger partial charge is 0.469 e. The summed E-state index contributed by atoms with van der Waals surface area (Å²) in [6.45, 7) is 5.99. The third-order valence-corrected chi connectivity index (χ3v) is 4.55. The second-order valence-electron chi connectivity index (χ2n) is 7.43. The Morgan fingerprint density at radius 1 is 1.14 bits per heavy atom. The monoisotopic (exact) mass is 406 g/mol. The summed E-state index contributed by atoms with van der Waals surface area (Å²) in [5.74, 6) is -0.787. The summed E-state index contributed by atoms with van der Waals surface area (Å²) in [4.78, 5) is 11.1.